The van der Waals surface area contributed by atoms with E-state index in [2.05, 4.69) is 0 Å². The van der Waals surface area contributed by atoms with Crippen molar-refractivity contribution < 1.29 is 17.9 Å². The third-order valence-electron chi connectivity index (χ3n) is 5.52. The van der Waals surface area contributed by atoms with Crippen molar-refractivity contribution in [2.24, 2.45) is 14.1 Å². The number of imidazole rings is 2. The van der Waals surface area contributed by atoms with Gasteiger partial charge in [-0.05, 0) is 31.2 Å². The molecule has 0 radical (unpaired) electrons. The Balaban J connectivity index is 1.84. The summed E-state index contributed by atoms with van der Waals surface area (Å²) in [7, 11) is 3.82. The molecule has 0 amide bonds. The van der Waals surface area contributed by atoms with Crippen molar-refractivity contribution in [1.29, 1.82) is 0 Å². The lowest BCUT2D eigenvalue weighted by molar-refractivity contribution is -0.645. The fourth-order valence-corrected chi connectivity index (χ4v) is 4.00. The number of nitrogens with zero attached hydrogens (tertiary/aromatic N) is 4. The molecule has 0 fully saturated rings. The zero-order valence-corrected chi connectivity index (χ0v) is 16.4. The zero-order valence-electron chi connectivity index (χ0n) is 16.4. The summed E-state index contributed by atoms with van der Waals surface area (Å²) in [6.07, 6.45) is 3.63. The number of halogens is 2. The maximum Gasteiger partial charge on any atom is 0.249 e. The highest BCUT2D eigenvalue weighted by Gasteiger charge is 2.27. The summed E-state index contributed by atoms with van der Waals surface area (Å²) in [5, 5.41) is 0. The van der Waals surface area contributed by atoms with Gasteiger partial charge in [-0.2, -0.15) is 9.13 Å². The van der Waals surface area contributed by atoms with Gasteiger partial charge in [-0.1, -0.05) is 24.3 Å². The first-order valence-corrected chi connectivity index (χ1v) is 9.38. The van der Waals surface area contributed by atoms with Crippen LogP contribution in [0.4, 0.5) is 8.78 Å². The average molecular weight is 390 g/mol. The lowest BCUT2D eigenvalue weighted by Crippen LogP contribution is -2.25. The van der Waals surface area contributed by atoms with Gasteiger partial charge in [0.25, 0.3) is 0 Å². The van der Waals surface area contributed by atoms with Crippen molar-refractivity contribution in [3.05, 3.63) is 84.4 Å². The second kappa shape index (κ2) is 6.24. The highest BCUT2D eigenvalue weighted by Crippen LogP contribution is 2.29. The molecular formula is C23H20F2N4+2. The van der Waals surface area contributed by atoms with Crippen LogP contribution in [0, 0.1) is 18.6 Å². The molecular weight excluding hydrogens is 370 g/mol. The van der Waals surface area contributed by atoms with Crippen molar-refractivity contribution in [2.75, 3.05) is 0 Å². The van der Waals surface area contributed by atoms with Crippen LogP contribution in [-0.4, -0.2) is 9.13 Å². The van der Waals surface area contributed by atoms with E-state index < -0.39 is 11.6 Å². The molecule has 0 aliphatic rings. The monoisotopic (exact) mass is 390 g/mol. The lowest BCUT2D eigenvalue weighted by Gasteiger charge is -2.08. The molecule has 5 aromatic rings. The number of aromatic nitrogens is 4. The van der Waals surface area contributed by atoms with Gasteiger partial charge < -0.3 is 0 Å². The van der Waals surface area contributed by atoms with Crippen LogP contribution < -0.4 is 9.13 Å². The van der Waals surface area contributed by atoms with Crippen LogP contribution in [0.25, 0.3) is 33.4 Å². The third-order valence-corrected chi connectivity index (χ3v) is 5.52. The topological polar surface area (TPSA) is 17.6 Å². The van der Waals surface area contributed by atoms with Crippen molar-refractivity contribution >= 4 is 22.1 Å². The molecule has 0 bridgehead atoms. The molecule has 0 saturated carbocycles. The van der Waals surface area contributed by atoms with Crippen LogP contribution in [0.5, 0.6) is 0 Å². The van der Waals surface area contributed by atoms with Crippen molar-refractivity contribution in [3.63, 3.8) is 0 Å². The summed E-state index contributed by atoms with van der Waals surface area (Å²) in [6.45, 7) is 1.48. The minimum absolute atomic E-state index is 0.00151. The molecule has 0 atom stereocenters. The van der Waals surface area contributed by atoms with Gasteiger partial charge >= 0.3 is 0 Å². The van der Waals surface area contributed by atoms with Crippen LogP contribution in [0.1, 0.15) is 5.56 Å². The van der Waals surface area contributed by atoms with Gasteiger partial charge in [0, 0.05) is 11.6 Å². The second-order valence-corrected chi connectivity index (χ2v) is 7.34. The smallest absolute Gasteiger partial charge is 0.232 e. The number of para-hydroxylation sites is 4. The number of benzene rings is 3. The molecule has 0 aliphatic carbocycles. The predicted molar refractivity (Wildman–Crippen MR) is 107 cm³/mol. The van der Waals surface area contributed by atoms with Crippen molar-refractivity contribution in [2.45, 2.75) is 6.92 Å². The predicted octanol–water partition coefficient (Wildman–Crippen LogP) is 3.81. The van der Waals surface area contributed by atoms with Crippen LogP contribution in [-0.2, 0) is 14.1 Å². The van der Waals surface area contributed by atoms with Crippen LogP contribution >= 0.6 is 0 Å². The van der Waals surface area contributed by atoms with Gasteiger partial charge in [0.05, 0.1) is 14.1 Å². The molecule has 0 unspecified atom stereocenters. The van der Waals surface area contributed by atoms with Crippen molar-refractivity contribution in [3.8, 4) is 11.4 Å². The van der Waals surface area contributed by atoms with E-state index in [1.165, 1.54) is 6.92 Å². The normalized spacial score (nSPS) is 11.6. The standard InChI is InChI=1S/C23H20F2N4/c1-15-22(24)20(28-13-26(2)16-8-4-6-10-18(16)28)12-21(23(15)25)29-14-27(3)17-9-5-7-11-19(17)29/h4-14H,1-3H3/q+2. The summed E-state index contributed by atoms with van der Waals surface area (Å²) < 4.78 is 37.8. The molecule has 2 heterocycles. The minimum Gasteiger partial charge on any atom is -0.232 e. The maximum absolute atomic E-state index is 15.2. The number of rotatable bonds is 2. The van der Waals surface area contributed by atoms with E-state index in [0.29, 0.717) is 11.4 Å². The largest absolute Gasteiger partial charge is 0.249 e. The quantitative estimate of drug-likeness (QED) is 0.408. The summed E-state index contributed by atoms with van der Waals surface area (Å²) >= 11 is 0. The van der Waals surface area contributed by atoms with E-state index in [1.807, 2.05) is 84.4 Å². The molecule has 2 aromatic heterocycles. The average Bonchev–Trinajstić information content (AvgIpc) is 3.25. The first kappa shape index (κ1) is 17.6. The molecule has 5 rings (SSSR count). The fraction of sp³-hybridized carbons (Fsp3) is 0.130. The van der Waals surface area contributed by atoms with Gasteiger partial charge in [-0.15, -0.1) is 0 Å². The summed E-state index contributed by atoms with van der Waals surface area (Å²) in [5.41, 5.74) is 4.27. The van der Waals surface area contributed by atoms with E-state index in [9.17, 15) is 0 Å². The highest BCUT2D eigenvalue weighted by atomic mass is 19.1. The molecule has 144 valence electrons. The molecule has 0 spiro atoms. The van der Waals surface area contributed by atoms with Crippen LogP contribution in [0.3, 0.4) is 0 Å². The Hall–Kier alpha value is -3.54. The Labute approximate surface area is 166 Å². The molecule has 0 saturated heterocycles. The van der Waals surface area contributed by atoms with Gasteiger partial charge in [0.15, 0.2) is 45.1 Å². The first-order valence-electron chi connectivity index (χ1n) is 9.38. The Morgan fingerprint density at radius 2 is 1.10 bits per heavy atom. The summed E-state index contributed by atoms with van der Waals surface area (Å²) in [4.78, 5) is 0. The molecule has 0 N–H and O–H groups in total. The summed E-state index contributed by atoms with van der Waals surface area (Å²) in [6, 6.07) is 17.1. The number of hydrogen-bond donors (Lipinski definition) is 0. The van der Waals surface area contributed by atoms with Crippen LogP contribution in [0.15, 0.2) is 67.3 Å². The zero-order chi connectivity index (χ0) is 20.3. The number of aryl methyl sites for hydroxylation is 2. The van der Waals surface area contributed by atoms with E-state index in [0.717, 1.165) is 22.1 Å². The third kappa shape index (κ3) is 2.49. The molecule has 6 heteroatoms. The Kier molecular flexibility index (Phi) is 3.77. The molecule has 29 heavy (non-hydrogen) atoms. The number of fused-ring (bicyclic) bond motifs is 2. The first-order chi connectivity index (χ1) is 14.0. The van der Waals surface area contributed by atoms with Gasteiger partial charge in [0.2, 0.25) is 12.7 Å². The lowest BCUT2D eigenvalue weighted by atomic mass is 10.1. The second-order valence-electron chi connectivity index (χ2n) is 7.34. The highest BCUT2D eigenvalue weighted by molar-refractivity contribution is 5.76. The summed E-state index contributed by atoms with van der Waals surface area (Å²) in [5.74, 6) is -1.12. The molecule has 4 nitrogen and oxygen atoms in total. The maximum atomic E-state index is 15.2. The Bertz CT molecular complexity index is 1310. The van der Waals surface area contributed by atoms with E-state index in [-0.39, 0.29) is 5.56 Å². The van der Waals surface area contributed by atoms with E-state index >= 15 is 8.78 Å². The Morgan fingerprint density at radius 1 is 0.690 bits per heavy atom. The van der Waals surface area contributed by atoms with Crippen molar-refractivity contribution in [1.82, 2.24) is 9.13 Å². The van der Waals surface area contributed by atoms with E-state index in [4.69, 9.17) is 0 Å². The molecule has 3 aromatic carbocycles. The van der Waals surface area contributed by atoms with Gasteiger partial charge in [-0.25, -0.2) is 17.9 Å². The van der Waals surface area contributed by atoms with E-state index in [1.54, 1.807) is 15.2 Å². The minimum atomic E-state index is -0.562. The SMILES string of the molecule is Cc1c(F)c(-n2c[n+](C)c3ccccc32)cc(-n2c[n+](C)c3ccccc32)c1F. The fourth-order valence-electron chi connectivity index (χ4n) is 4.00. The number of hydrogen-bond acceptors (Lipinski definition) is 0. The van der Waals surface area contributed by atoms with Gasteiger partial charge in [-0.3, -0.25) is 0 Å². The Morgan fingerprint density at radius 3 is 1.55 bits per heavy atom. The van der Waals surface area contributed by atoms with Gasteiger partial charge in [0.1, 0.15) is 0 Å². The molecule has 0 aliphatic heterocycles. The van der Waals surface area contributed by atoms with Crippen LogP contribution in [0.2, 0.25) is 0 Å².